The van der Waals surface area contributed by atoms with Gasteiger partial charge in [-0.05, 0) is 12.6 Å². The predicted molar refractivity (Wildman–Crippen MR) is 84.7 cm³/mol. The zero-order valence-corrected chi connectivity index (χ0v) is 12.6. The summed E-state index contributed by atoms with van der Waals surface area (Å²) in [5, 5.41) is 10.2. The highest BCUT2D eigenvalue weighted by molar-refractivity contribution is 7.99. The summed E-state index contributed by atoms with van der Waals surface area (Å²) in [7, 11) is 2.01. The van der Waals surface area contributed by atoms with Crippen molar-refractivity contribution in [2.75, 3.05) is 25.1 Å². The first kappa shape index (κ1) is 14.2. The molecule has 21 heavy (non-hydrogen) atoms. The van der Waals surface area contributed by atoms with Gasteiger partial charge in [-0.2, -0.15) is 16.7 Å². The molecule has 110 valence electrons. The van der Waals surface area contributed by atoms with Gasteiger partial charge in [-0.3, -0.25) is 9.69 Å². The van der Waals surface area contributed by atoms with Crippen molar-refractivity contribution in [2.24, 2.45) is 0 Å². The van der Waals surface area contributed by atoms with Crippen LogP contribution in [0.2, 0.25) is 0 Å². The summed E-state index contributed by atoms with van der Waals surface area (Å²) in [5.74, 6) is 2.27. The zero-order chi connectivity index (χ0) is 14.8. The molecule has 2 N–H and O–H groups in total. The summed E-state index contributed by atoms with van der Waals surface area (Å²) in [6.45, 7) is 0.945. The highest BCUT2D eigenvalue weighted by atomic mass is 32.2. The number of benzene rings is 1. The lowest BCUT2D eigenvalue weighted by molar-refractivity contribution is 0.262. The Labute approximate surface area is 127 Å². The van der Waals surface area contributed by atoms with Gasteiger partial charge < -0.3 is 10.1 Å². The molecule has 1 atom stereocenters. The third kappa shape index (κ3) is 2.82. The Morgan fingerprint density at radius 1 is 1.38 bits per heavy atom. The first-order chi connectivity index (χ1) is 10.2. The van der Waals surface area contributed by atoms with Crippen LogP contribution >= 0.6 is 11.8 Å². The van der Waals surface area contributed by atoms with Crippen LogP contribution in [0.4, 0.5) is 0 Å². The number of hydrogen-bond acceptors (Lipinski definition) is 5. The lowest BCUT2D eigenvalue weighted by Crippen LogP contribution is -2.35. The Balaban J connectivity index is 2.02. The van der Waals surface area contributed by atoms with Crippen LogP contribution in [0, 0.1) is 0 Å². The fourth-order valence-corrected chi connectivity index (χ4v) is 3.69. The molecule has 1 aromatic heterocycles. The van der Waals surface area contributed by atoms with Gasteiger partial charge in [0, 0.05) is 18.1 Å². The summed E-state index contributed by atoms with van der Waals surface area (Å²) >= 11 is 1.83. The molecule has 1 aliphatic rings. The van der Waals surface area contributed by atoms with E-state index in [0.717, 1.165) is 18.1 Å². The molecule has 0 radical (unpaired) electrons. The lowest BCUT2D eigenvalue weighted by atomic mass is 10.1. The van der Waals surface area contributed by atoms with E-state index in [9.17, 15) is 9.90 Å². The quantitative estimate of drug-likeness (QED) is 0.886. The molecular formula is C15H17N3O2S. The van der Waals surface area contributed by atoms with Crippen LogP contribution in [0.5, 0.6) is 5.88 Å². The largest absolute Gasteiger partial charge is 0.493 e. The maximum Gasteiger partial charge on any atom is 0.262 e. The summed E-state index contributed by atoms with van der Waals surface area (Å²) in [6.07, 6.45) is 0. The molecule has 0 saturated carbocycles. The van der Waals surface area contributed by atoms with E-state index < -0.39 is 0 Å². The van der Waals surface area contributed by atoms with Crippen LogP contribution in [0.3, 0.4) is 0 Å². The van der Waals surface area contributed by atoms with Crippen LogP contribution in [0.25, 0.3) is 11.1 Å². The van der Waals surface area contributed by atoms with E-state index >= 15 is 0 Å². The topological polar surface area (TPSA) is 69.2 Å². The SMILES string of the molecule is CN1CCSCC1c1nc(O)c(-c2ccccc2)c(=O)[nH]1. The van der Waals surface area contributed by atoms with E-state index in [-0.39, 0.29) is 23.0 Å². The van der Waals surface area contributed by atoms with Gasteiger partial charge in [0.1, 0.15) is 11.4 Å². The van der Waals surface area contributed by atoms with Gasteiger partial charge in [-0.15, -0.1) is 0 Å². The van der Waals surface area contributed by atoms with Crippen LogP contribution in [0.1, 0.15) is 11.9 Å². The van der Waals surface area contributed by atoms with Gasteiger partial charge in [0.15, 0.2) is 0 Å². The average molecular weight is 303 g/mol. The van der Waals surface area contributed by atoms with Gasteiger partial charge in [0.05, 0.1) is 6.04 Å². The molecule has 6 heteroatoms. The number of hydrogen-bond donors (Lipinski definition) is 2. The number of nitrogens with one attached hydrogen (secondary N) is 1. The Kier molecular flexibility index (Phi) is 3.98. The van der Waals surface area contributed by atoms with Gasteiger partial charge in [0.2, 0.25) is 5.88 Å². The van der Waals surface area contributed by atoms with Crippen molar-refractivity contribution in [1.29, 1.82) is 0 Å². The standard InChI is InChI=1S/C15H17N3O2S/c1-18-7-8-21-9-11(18)13-16-14(19)12(15(20)17-13)10-5-3-2-4-6-10/h2-6,11H,7-9H2,1H3,(H2,16,17,19,20). The van der Waals surface area contributed by atoms with Crippen LogP contribution < -0.4 is 5.56 Å². The van der Waals surface area contributed by atoms with Crippen molar-refractivity contribution < 1.29 is 5.11 Å². The number of nitrogens with zero attached hydrogens (tertiary/aromatic N) is 2. The van der Waals surface area contributed by atoms with Crippen molar-refractivity contribution in [3.05, 3.63) is 46.5 Å². The molecule has 0 amide bonds. The summed E-state index contributed by atoms with van der Waals surface area (Å²) in [6, 6.07) is 9.13. The van der Waals surface area contributed by atoms with Crippen molar-refractivity contribution >= 4 is 11.8 Å². The monoisotopic (exact) mass is 303 g/mol. The molecule has 2 aromatic rings. The van der Waals surface area contributed by atoms with Gasteiger partial charge in [0.25, 0.3) is 5.56 Å². The molecule has 2 heterocycles. The van der Waals surface area contributed by atoms with E-state index in [1.54, 1.807) is 12.1 Å². The third-order valence-corrected chi connectivity index (χ3v) is 4.72. The predicted octanol–water partition coefficient (Wildman–Crippen LogP) is 1.86. The fraction of sp³-hybridized carbons (Fsp3) is 0.333. The number of aromatic nitrogens is 2. The van der Waals surface area contributed by atoms with E-state index in [2.05, 4.69) is 14.9 Å². The number of aromatic hydroxyl groups is 1. The Bertz CT molecular complexity index is 687. The second-order valence-electron chi connectivity index (χ2n) is 5.09. The first-order valence-electron chi connectivity index (χ1n) is 6.83. The maximum atomic E-state index is 12.3. The molecule has 0 spiro atoms. The van der Waals surface area contributed by atoms with Gasteiger partial charge >= 0.3 is 0 Å². The highest BCUT2D eigenvalue weighted by Crippen LogP contribution is 2.28. The minimum atomic E-state index is -0.298. The molecule has 1 aromatic carbocycles. The first-order valence-corrected chi connectivity index (χ1v) is 7.99. The fourth-order valence-electron chi connectivity index (χ4n) is 2.48. The third-order valence-electron chi connectivity index (χ3n) is 3.69. The number of thioether (sulfide) groups is 1. The highest BCUT2D eigenvalue weighted by Gasteiger charge is 2.25. The summed E-state index contributed by atoms with van der Waals surface area (Å²) < 4.78 is 0. The van der Waals surface area contributed by atoms with Crippen molar-refractivity contribution in [1.82, 2.24) is 14.9 Å². The summed E-state index contributed by atoms with van der Waals surface area (Å²) in [5.41, 5.74) is 0.597. The lowest BCUT2D eigenvalue weighted by Gasteiger charge is -2.31. The van der Waals surface area contributed by atoms with E-state index in [1.165, 1.54) is 0 Å². The van der Waals surface area contributed by atoms with Gasteiger partial charge in [-0.25, -0.2) is 0 Å². The normalized spacial score (nSPS) is 19.6. The summed E-state index contributed by atoms with van der Waals surface area (Å²) in [4.78, 5) is 21.5. The maximum absolute atomic E-state index is 12.3. The molecule has 0 aliphatic carbocycles. The molecule has 0 bridgehead atoms. The molecule has 5 nitrogen and oxygen atoms in total. The minimum Gasteiger partial charge on any atom is -0.493 e. The second-order valence-corrected chi connectivity index (χ2v) is 6.24. The van der Waals surface area contributed by atoms with E-state index in [0.29, 0.717) is 11.4 Å². The number of H-pyrrole nitrogens is 1. The Morgan fingerprint density at radius 2 is 2.14 bits per heavy atom. The van der Waals surface area contributed by atoms with Crippen molar-refractivity contribution in [2.45, 2.75) is 6.04 Å². The zero-order valence-electron chi connectivity index (χ0n) is 11.7. The molecule has 1 saturated heterocycles. The molecule has 3 rings (SSSR count). The van der Waals surface area contributed by atoms with E-state index in [4.69, 9.17) is 0 Å². The molecule has 1 unspecified atom stereocenters. The van der Waals surface area contributed by atoms with Crippen molar-refractivity contribution in [3.63, 3.8) is 0 Å². The molecular weight excluding hydrogens is 286 g/mol. The average Bonchev–Trinajstić information content (AvgIpc) is 2.48. The van der Waals surface area contributed by atoms with Crippen LogP contribution in [-0.2, 0) is 0 Å². The van der Waals surface area contributed by atoms with E-state index in [1.807, 2.05) is 37.0 Å². The molecule has 1 fully saturated rings. The van der Waals surface area contributed by atoms with Crippen LogP contribution in [0.15, 0.2) is 35.1 Å². The minimum absolute atomic E-state index is 0.0344. The smallest absolute Gasteiger partial charge is 0.262 e. The Hall–Kier alpha value is -1.79. The number of aromatic amines is 1. The Morgan fingerprint density at radius 3 is 2.81 bits per heavy atom. The molecule has 1 aliphatic heterocycles. The second kappa shape index (κ2) is 5.91. The van der Waals surface area contributed by atoms with Crippen molar-refractivity contribution in [3.8, 4) is 17.0 Å². The van der Waals surface area contributed by atoms with Gasteiger partial charge in [-0.1, -0.05) is 30.3 Å². The number of rotatable bonds is 2. The van der Waals surface area contributed by atoms with Crippen LogP contribution in [-0.4, -0.2) is 45.1 Å².